The Morgan fingerprint density at radius 3 is 2.62 bits per heavy atom. The van der Waals surface area contributed by atoms with E-state index >= 15 is 0 Å². The van der Waals surface area contributed by atoms with Crippen molar-refractivity contribution in [3.63, 3.8) is 0 Å². The molecule has 76 valence electrons. The number of nitrogens with one attached hydrogen (secondary N) is 1. The Balaban J connectivity index is 2.05. The highest BCUT2D eigenvalue weighted by molar-refractivity contribution is 4.90. The van der Waals surface area contributed by atoms with E-state index in [0.29, 0.717) is 0 Å². The fraction of sp³-hybridized carbons (Fsp3) is 0.818. The van der Waals surface area contributed by atoms with Gasteiger partial charge in [0, 0.05) is 6.54 Å². The normalized spacial score (nSPS) is 20.5. The average molecular weight is 182 g/mol. The topological polar surface area (TPSA) is 15.3 Å². The highest BCUT2D eigenvalue weighted by Gasteiger charge is 2.15. The summed E-state index contributed by atoms with van der Waals surface area (Å²) in [5.41, 5.74) is 1.23. The summed E-state index contributed by atoms with van der Waals surface area (Å²) in [5, 5.41) is 3.45. The maximum Gasteiger partial charge on any atom is 0.0159 e. The van der Waals surface area contributed by atoms with Crippen molar-refractivity contribution in [1.82, 2.24) is 10.2 Å². The van der Waals surface area contributed by atoms with E-state index in [1.165, 1.54) is 38.0 Å². The fourth-order valence-electron chi connectivity index (χ4n) is 1.76. The van der Waals surface area contributed by atoms with Crippen molar-refractivity contribution in [2.45, 2.75) is 19.8 Å². The van der Waals surface area contributed by atoms with Crippen molar-refractivity contribution in [3.05, 3.63) is 12.2 Å². The molecule has 0 atom stereocenters. The lowest BCUT2D eigenvalue weighted by Crippen LogP contribution is -2.35. The summed E-state index contributed by atoms with van der Waals surface area (Å²) in [6, 6.07) is 0. The molecule has 0 aromatic heterocycles. The number of hydrogen-bond donors (Lipinski definition) is 1. The minimum absolute atomic E-state index is 0.885. The van der Waals surface area contributed by atoms with Gasteiger partial charge in [0.15, 0.2) is 0 Å². The van der Waals surface area contributed by atoms with Gasteiger partial charge in [-0.05, 0) is 52.4 Å². The van der Waals surface area contributed by atoms with Crippen LogP contribution in [-0.2, 0) is 0 Å². The van der Waals surface area contributed by atoms with Crippen LogP contribution >= 0.6 is 0 Å². The molecular formula is C11H22N2. The molecule has 0 spiro atoms. The second-order valence-corrected chi connectivity index (χ2v) is 4.33. The van der Waals surface area contributed by atoms with Crippen molar-refractivity contribution in [1.29, 1.82) is 0 Å². The summed E-state index contributed by atoms with van der Waals surface area (Å²) in [6.07, 6.45) is 2.69. The first-order chi connectivity index (χ1) is 6.18. The van der Waals surface area contributed by atoms with Crippen molar-refractivity contribution < 1.29 is 0 Å². The number of likely N-dealkylation sites (tertiary alicyclic amines) is 1. The van der Waals surface area contributed by atoms with Gasteiger partial charge in [0.05, 0.1) is 0 Å². The maximum atomic E-state index is 3.88. The smallest absolute Gasteiger partial charge is 0.0159 e. The molecule has 1 saturated heterocycles. The van der Waals surface area contributed by atoms with E-state index in [-0.39, 0.29) is 0 Å². The Labute approximate surface area is 82.0 Å². The molecule has 0 saturated carbocycles. The number of hydrogen-bond acceptors (Lipinski definition) is 2. The van der Waals surface area contributed by atoms with Crippen LogP contribution in [0, 0.1) is 5.92 Å². The van der Waals surface area contributed by atoms with Crippen LogP contribution in [-0.4, -0.2) is 38.1 Å². The summed E-state index contributed by atoms with van der Waals surface area (Å²) in [7, 11) is 2.21. The first-order valence-electron chi connectivity index (χ1n) is 5.22. The lowest BCUT2D eigenvalue weighted by molar-refractivity contribution is 0.217. The molecule has 0 aromatic rings. The third-order valence-electron chi connectivity index (χ3n) is 2.70. The van der Waals surface area contributed by atoms with Crippen LogP contribution in [0.1, 0.15) is 19.8 Å². The molecule has 2 nitrogen and oxygen atoms in total. The zero-order valence-electron chi connectivity index (χ0n) is 8.97. The molecule has 1 aliphatic rings. The molecule has 0 unspecified atom stereocenters. The minimum Gasteiger partial charge on any atom is -0.313 e. The van der Waals surface area contributed by atoms with Gasteiger partial charge in [-0.2, -0.15) is 0 Å². The molecule has 13 heavy (non-hydrogen) atoms. The van der Waals surface area contributed by atoms with Gasteiger partial charge in [0.25, 0.3) is 0 Å². The van der Waals surface area contributed by atoms with Gasteiger partial charge < -0.3 is 10.2 Å². The van der Waals surface area contributed by atoms with Crippen LogP contribution in [0.15, 0.2) is 12.2 Å². The predicted molar refractivity (Wildman–Crippen MR) is 57.9 cm³/mol. The molecule has 1 N–H and O–H groups in total. The maximum absolute atomic E-state index is 3.88. The third kappa shape index (κ3) is 4.44. The Hall–Kier alpha value is -0.340. The first kappa shape index (κ1) is 10.7. The molecule has 1 fully saturated rings. The molecule has 1 aliphatic heterocycles. The van der Waals surface area contributed by atoms with E-state index in [1.54, 1.807) is 0 Å². The van der Waals surface area contributed by atoms with Crippen LogP contribution in [0.2, 0.25) is 0 Å². The van der Waals surface area contributed by atoms with Crippen LogP contribution in [0.25, 0.3) is 0 Å². The standard InChI is InChI=1S/C11H22N2/c1-10(2)8-12-9-11-4-6-13(3)7-5-11/h11-12H,1,4-9H2,2-3H3. The Morgan fingerprint density at radius 2 is 2.08 bits per heavy atom. The van der Waals surface area contributed by atoms with Crippen LogP contribution in [0.4, 0.5) is 0 Å². The number of rotatable bonds is 4. The highest BCUT2D eigenvalue weighted by Crippen LogP contribution is 2.14. The first-order valence-corrected chi connectivity index (χ1v) is 5.22. The van der Waals surface area contributed by atoms with Gasteiger partial charge in [0.2, 0.25) is 0 Å². The zero-order chi connectivity index (χ0) is 9.68. The largest absolute Gasteiger partial charge is 0.313 e. The quantitative estimate of drug-likeness (QED) is 0.663. The van der Waals surface area contributed by atoms with Gasteiger partial charge in [0.1, 0.15) is 0 Å². The Bertz CT molecular complexity index is 157. The van der Waals surface area contributed by atoms with Crippen molar-refractivity contribution >= 4 is 0 Å². The molecule has 0 amide bonds. The van der Waals surface area contributed by atoms with E-state index in [1.807, 2.05) is 0 Å². The molecule has 1 heterocycles. The van der Waals surface area contributed by atoms with E-state index in [2.05, 4.69) is 30.8 Å². The molecule has 0 radical (unpaired) electrons. The minimum atomic E-state index is 0.885. The van der Waals surface area contributed by atoms with Gasteiger partial charge >= 0.3 is 0 Å². The molecular weight excluding hydrogens is 160 g/mol. The Kier molecular flexibility index (Phi) is 4.46. The van der Waals surface area contributed by atoms with E-state index in [9.17, 15) is 0 Å². The van der Waals surface area contributed by atoms with Crippen LogP contribution < -0.4 is 5.32 Å². The summed E-state index contributed by atoms with van der Waals surface area (Å²) in [5.74, 6) is 0.885. The Morgan fingerprint density at radius 1 is 1.46 bits per heavy atom. The van der Waals surface area contributed by atoms with E-state index < -0.39 is 0 Å². The summed E-state index contributed by atoms with van der Waals surface area (Å²) in [6.45, 7) is 10.6. The second-order valence-electron chi connectivity index (χ2n) is 4.33. The number of nitrogens with zero attached hydrogens (tertiary/aromatic N) is 1. The van der Waals surface area contributed by atoms with Crippen molar-refractivity contribution in [2.24, 2.45) is 5.92 Å². The zero-order valence-corrected chi connectivity index (χ0v) is 8.97. The molecule has 1 rings (SSSR count). The lowest BCUT2D eigenvalue weighted by Gasteiger charge is -2.29. The SMILES string of the molecule is C=C(C)CNCC1CCN(C)CC1. The summed E-state index contributed by atoms with van der Waals surface area (Å²) >= 11 is 0. The van der Waals surface area contributed by atoms with E-state index in [4.69, 9.17) is 0 Å². The van der Waals surface area contributed by atoms with Crippen LogP contribution in [0.3, 0.4) is 0 Å². The van der Waals surface area contributed by atoms with Crippen molar-refractivity contribution in [3.8, 4) is 0 Å². The molecule has 0 aromatic carbocycles. The summed E-state index contributed by atoms with van der Waals surface area (Å²) in [4.78, 5) is 2.41. The van der Waals surface area contributed by atoms with Gasteiger partial charge in [-0.25, -0.2) is 0 Å². The van der Waals surface area contributed by atoms with Crippen LogP contribution in [0.5, 0.6) is 0 Å². The highest BCUT2D eigenvalue weighted by atomic mass is 15.1. The lowest BCUT2D eigenvalue weighted by atomic mass is 9.97. The van der Waals surface area contributed by atoms with Gasteiger partial charge in [-0.15, -0.1) is 0 Å². The molecule has 2 heteroatoms. The monoisotopic (exact) mass is 182 g/mol. The van der Waals surface area contributed by atoms with Gasteiger partial charge in [-0.1, -0.05) is 12.2 Å². The van der Waals surface area contributed by atoms with Gasteiger partial charge in [-0.3, -0.25) is 0 Å². The average Bonchev–Trinajstić information content (AvgIpc) is 2.08. The predicted octanol–water partition coefficient (Wildman–Crippen LogP) is 1.49. The molecule has 0 bridgehead atoms. The van der Waals surface area contributed by atoms with E-state index in [0.717, 1.165) is 12.5 Å². The number of piperidine rings is 1. The van der Waals surface area contributed by atoms with Crippen molar-refractivity contribution in [2.75, 3.05) is 33.2 Å². The second kappa shape index (κ2) is 5.40. The molecule has 0 aliphatic carbocycles. The summed E-state index contributed by atoms with van der Waals surface area (Å²) < 4.78 is 0. The fourth-order valence-corrected chi connectivity index (χ4v) is 1.76. The third-order valence-corrected chi connectivity index (χ3v) is 2.70.